The van der Waals surface area contributed by atoms with Crippen LogP contribution in [0.3, 0.4) is 0 Å². The van der Waals surface area contributed by atoms with Crippen molar-refractivity contribution in [1.82, 2.24) is 0 Å². The fourth-order valence-corrected chi connectivity index (χ4v) is 1.93. The van der Waals surface area contributed by atoms with E-state index in [1.807, 2.05) is 6.92 Å². The fourth-order valence-electron chi connectivity index (χ4n) is 1.08. The Morgan fingerprint density at radius 3 is 2.33 bits per heavy atom. The van der Waals surface area contributed by atoms with E-state index in [1.54, 1.807) is 0 Å². The van der Waals surface area contributed by atoms with E-state index >= 15 is 0 Å². The zero-order valence-electron chi connectivity index (χ0n) is 8.13. The summed E-state index contributed by atoms with van der Waals surface area (Å²) in [4.78, 5) is 0. The van der Waals surface area contributed by atoms with Crippen LogP contribution in [0, 0.1) is 0 Å². The Balaban J connectivity index is 3.88. The highest BCUT2D eigenvalue weighted by Gasteiger charge is 1.97. The summed E-state index contributed by atoms with van der Waals surface area (Å²) in [6.07, 6.45) is 5.58. The van der Waals surface area contributed by atoms with Crippen molar-refractivity contribution in [2.45, 2.75) is 39.5 Å². The SMILES string of the molecule is CCCCC/C(C)=C/S(C)(=O)=O. The van der Waals surface area contributed by atoms with Gasteiger partial charge in [-0.2, -0.15) is 0 Å². The van der Waals surface area contributed by atoms with Crippen molar-refractivity contribution in [3.05, 3.63) is 11.0 Å². The fraction of sp³-hybridized carbons (Fsp3) is 0.778. The molecule has 3 heteroatoms. The Hall–Kier alpha value is -0.310. The second-order valence-corrected chi connectivity index (χ2v) is 5.15. The van der Waals surface area contributed by atoms with E-state index in [2.05, 4.69) is 6.92 Å². The average Bonchev–Trinajstić information content (AvgIpc) is 1.84. The van der Waals surface area contributed by atoms with E-state index in [0.717, 1.165) is 18.4 Å². The first kappa shape index (κ1) is 11.7. The van der Waals surface area contributed by atoms with Crippen molar-refractivity contribution < 1.29 is 8.42 Å². The molecule has 0 aliphatic rings. The lowest BCUT2D eigenvalue weighted by molar-refractivity contribution is 0.609. The van der Waals surface area contributed by atoms with Gasteiger partial charge in [-0.05, 0) is 19.8 Å². The first-order valence-corrected chi connectivity index (χ1v) is 6.28. The normalized spacial score (nSPS) is 13.4. The van der Waals surface area contributed by atoms with Gasteiger partial charge in [-0.15, -0.1) is 0 Å². The first-order valence-electron chi connectivity index (χ1n) is 4.33. The molecule has 12 heavy (non-hydrogen) atoms. The molecular formula is C9H18O2S. The van der Waals surface area contributed by atoms with Crippen LogP contribution in [0.15, 0.2) is 11.0 Å². The summed E-state index contributed by atoms with van der Waals surface area (Å²) in [5, 5.41) is 1.36. The lowest BCUT2D eigenvalue weighted by Gasteiger charge is -1.98. The molecular weight excluding hydrogens is 172 g/mol. The van der Waals surface area contributed by atoms with Crippen LogP contribution < -0.4 is 0 Å². The summed E-state index contributed by atoms with van der Waals surface area (Å²) in [6, 6.07) is 0. The molecule has 0 radical (unpaired) electrons. The molecule has 0 aromatic carbocycles. The molecule has 0 aliphatic heterocycles. The van der Waals surface area contributed by atoms with Crippen molar-refractivity contribution in [1.29, 1.82) is 0 Å². The number of hydrogen-bond acceptors (Lipinski definition) is 2. The van der Waals surface area contributed by atoms with Crippen LogP contribution in [-0.2, 0) is 9.84 Å². The van der Waals surface area contributed by atoms with Gasteiger partial charge < -0.3 is 0 Å². The van der Waals surface area contributed by atoms with E-state index in [0.29, 0.717) is 0 Å². The Labute approximate surface area is 75.6 Å². The number of unbranched alkanes of at least 4 members (excludes halogenated alkanes) is 2. The maximum atomic E-state index is 10.8. The molecule has 0 aromatic heterocycles. The van der Waals surface area contributed by atoms with Gasteiger partial charge in [-0.25, -0.2) is 8.42 Å². The zero-order chi connectivity index (χ0) is 9.61. The Morgan fingerprint density at radius 1 is 1.33 bits per heavy atom. The molecule has 0 amide bonds. The molecule has 0 N–H and O–H groups in total. The second-order valence-electron chi connectivity index (χ2n) is 3.25. The summed E-state index contributed by atoms with van der Waals surface area (Å²) < 4.78 is 21.6. The Kier molecular flexibility index (Phi) is 5.22. The first-order chi connectivity index (χ1) is 5.45. The van der Waals surface area contributed by atoms with Crippen LogP contribution >= 0.6 is 0 Å². The third kappa shape index (κ3) is 7.79. The molecule has 0 saturated heterocycles. The molecule has 0 aliphatic carbocycles. The molecule has 0 aromatic rings. The van der Waals surface area contributed by atoms with Crippen molar-refractivity contribution >= 4 is 9.84 Å². The van der Waals surface area contributed by atoms with Gasteiger partial charge in [0.2, 0.25) is 0 Å². The topological polar surface area (TPSA) is 34.1 Å². The molecule has 0 rings (SSSR count). The molecule has 0 atom stereocenters. The van der Waals surface area contributed by atoms with Crippen LogP contribution in [0.25, 0.3) is 0 Å². The lowest BCUT2D eigenvalue weighted by atomic mass is 10.1. The number of allylic oxidation sites excluding steroid dienone is 1. The molecule has 0 bridgehead atoms. The van der Waals surface area contributed by atoms with E-state index in [4.69, 9.17) is 0 Å². The minimum atomic E-state index is -2.92. The smallest absolute Gasteiger partial charge is 0.168 e. The summed E-state index contributed by atoms with van der Waals surface area (Å²) >= 11 is 0. The lowest BCUT2D eigenvalue weighted by Crippen LogP contribution is -1.91. The molecule has 0 unspecified atom stereocenters. The summed E-state index contributed by atoms with van der Waals surface area (Å²) in [5.74, 6) is 0. The summed E-state index contributed by atoms with van der Waals surface area (Å²) in [7, 11) is -2.92. The van der Waals surface area contributed by atoms with Gasteiger partial charge in [0.05, 0.1) is 0 Å². The molecule has 2 nitrogen and oxygen atoms in total. The zero-order valence-corrected chi connectivity index (χ0v) is 8.95. The minimum absolute atomic E-state index is 0.904. The van der Waals surface area contributed by atoms with Crippen LogP contribution in [0.2, 0.25) is 0 Å². The maximum absolute atomic E-state index is 10.8. The van der Waals surface area contributed by atoms with Crippen LogP contribution in [0.5, 0.6) is 0 Å². The quantitative estimate of drug-likeness (QED) is 0.624. The van der Waals surface area contributed by atoms with Crippen molar-refractivity contribution in [2.75, 3.05) is 6.26 Å². The monoisotopic (exact) mass is 190 g/mol. The largest absolute Gasteiger partial charge is 0.225 e. The van der Waals surface area contributed by atoms with Gasteiger partial charge in [0.1, 0.15) is 0 Å². The molecule has 0 heterocycles. The van der Waals surface area contributed by atoms with Crippen LogP contribution in [0.1, 0.15) is 39.5 Å². The van der Waals surface area contributed by atoms with Gasteiger partial charge >= 0.3 is 0 Å². The summed E-state index contributed by atoms with van der Waals surface area (Å²) in [6.45, 7) is 4.01. The van der Waals surface area contributed by atoms with Crippen molar-refractivity contribution in [3.63, 3.8) is 0 Å². The van der Waals surface area contributed by atoms with E-state index in [9.17, 15) is 8.42 Å². The standard InChI is InChI=1S/C9H18O2S/c1-4-5-6-7-9(2)8-12(3,10)11/h8H,4-7H2,1-3H3/b9-8+. The highest BCUT2D eigenvalue weighted by atomic mass is 32.2. The highest BCUT2D eigenvalue weighted by molar-refractivity contribution is 7.93. The second kappa shape index (κ2) is 5.36. The van der Waals surface area contributed by atoms with Gasteiger partial charge in [0, 0.05) is 11.7 Å². The van der Waals surface area contributed by atoms with Crippen LogP contribution in [0.4, 0.5) is 0 Å². The Bertz CT molecular complexity index is 237. The molecule has 72 valence electrons. The molecule has 0 saturated carbocycles. The predicted molar refractivity (Wildman–Crippen MR) is 52.7 cm³/mol. The van der Waals surface area contributed by atoms with Crippen LogP contribution in [-0.4, -0.2) is 14.7 Å². The third-order valence-corrected chi connectivity index (χ3v) is 2.42. The third-order valence-electron chi connectivity index (χ3n) is 1.59. The van der Waals surface area contributed by atoms with Gasteiger partial charge in [0.25, 0.3) is 0 Å². The van der Waals surface area contributed by atoms with Crippen molar-refractivity contribution in [3.8, 4) is 0 Å². The summed E-state index contributed by atoms with van der Waals surface area (Å²) in [5.41, 5.74) is 0.964. The highest BCUT2D eigenvalue weighted by Crippen LogP contribution is 2.09. The number of hydrogen-bond donors (Lipinski definition) is 0. The van der Waals surface area contributed by atoms with Gasteiger partial charge in [0.15, 0.2) is 9.84 Å². The van der Waals surface area contributed by atoms with Gasteiger partial charge in [-0.1, -0.05) is 25.3 Å². The molecule has 0 spiro atoms. The van der Waals surface area contributed by atoms with E-state index in [1.165, 1.54) is 24.5 Å². The molecule has 0 fully saturated rings. The van der Waals surface area contributed by atoms with E-state index in [-0.39, 0.29) is 0 Å². The van der Waals surface area contributed by atoms with E-state index < -0.39 is 9.84 Å². The number of sulfone groups is 1. The van der Waals surface area contributed by atoms with Crippen molar-refractivity contribution in [2.24, 2.45) is 0 Å². The maximum Gasteiger partial charge on any atom is 0.168 e. The number of rotatable bonds is 5. The average molecular weight is 190 g/mol. The minimum Gasteiger partial charge on any atom is -0.225 e. The predicted octanol–water partition coefficient (Wildman–Crippen LogP) is 2.52. The Morgan fingerprint density at radius 2 is 1.92 bits per heavy atom. The van der Waals surface area contributed by atoms with Gasteiger partial charge in [-0.3, -0.25) is 0 Å².